The SMILES string of the molecule is COC(=O)C1C(O)CCCN1CC1CCCO1. The quantitative estimate of drug-likeness (QED) is 0.716. The van der Waals surface area contributed by atoms with E-state index >= 15 is 0 Å². The maximum atomic E-state index is 11.7. The zero-order valence-corrected chi connectivity index (χ0v) is 10.3. The smallest absolute Gasteiger partial charge is 0.325 e. The number of carbonyl (C=O) groups excluding carboxylic acids is 1. The molecule has 2 heterocycles. The molecule has 0 saturated carbocycles. The number of piperidine rings is 1. The average molecular weight is 243 g/mol. The standard InChI is InChI=1S/C12H21NO4/c1-16-12(15)11-10(14)5-2-6-13(11)8-9-4-3-7-17-9/h9-11,14H,2-8H2,1H3. The number of aliphatic hydroxyl groups is 1. The fourth-order valence-corrected chi connectivity index (χ4v) is 2.73. The number of likely N-dealkylation sites (tertiary alicyclic amines) is 1. The molecule has 0 bridgehead atoms. The minimum atomic E-state index is -0.613. The van der Waals surface area contributed by atoms with Crippen LogP contribution in [-0.4, -0.2) is 61.0 Å². The summed E-state index contributed by atoms with van der Waals surface area (Å²) in [5, 5.41) is 9.93. The van der Waals surface area contributed by atoms with E-state index in [1.54, 1.807) is 0 Å². The van der Waals surface area contributed by atoms with Crippen LogP contribution in [0.25, 0.3) is 0 Å². The number of carbonyl (C=O) groups is 1. The van der Waals surface area contributed by atoms with Gasteiger partial charge in [0.05, 0.1) is 19.3 Å². The molecule has 0 aromatic heterocycles. The molecule has 2 rings (SSSR count). The summed E-state index contributed by atoms with van der Waals surface area (Å²) in [5.41, 5.74) is 0. The Bertz CT molecular complexity index is 265. The van der Waals surface area contributed by atoms with Crippen molar-refractivity contribution in [1.29, 1.82) is 0 Å². The van der Waals surface area contributed by atoms with Gasteiger partial charge >= 0.3 is 5.97 Å². The monoisotopic (exact) mass is 243 g/mol. The molecule has 0 spiro atoms. The highest BCUT2D eigenvalue weighted by atomic mass is 16.5. The number of nitrogens with zero attached hydrogens (tertiary/aromatic N) is 1. The molecule has 0 radical (unpaired) electrons. The van der Waals surface area contributed by atoms with Crippen molar-refractivity contribution in [3.05, 3.63) is 0 Å². The molecule has 98 valence electrons. The Morgan fingerprint density at radius 3 is 2.94 bits per heavy atom. The Hall–Kier alpha value is -0.650. The van der Waals surface area contributed by atoms with Gasteiger partial charge in [0, 0.05) is 13.2 Å². The predicted octanol–water partition coefficient (Wildman–Crippen LogP) is 0.164. The molecule has 2 aliphatic heterocycles. The Labute approximate surface area is 102 Å². The maximum Gasteiger partial charge on any atom is 0.325 e. The second-order valence-electron chi connectivity index (χ2n) is 4.81. The van der Waals surface area contributed by atoms with E-state index in [9.17, 15) is 9.90 Å². The molecule has 1 N–H and O–H groups in total. The van der Waals surface area contributed by atoms with Crippen LogP contribution in [0.5, 0.6) is 0 Å². The van der Waals surface area contributed by atoms with Crippen LogP contribution in [0.3, 0.4) is 0 Å². The highest BCUT2D eigenvalue weighted by Gasteiger charge is 2.37. The lowest BCUT2D eigenvalue weighted by molar-refractivity contribution is -0.155. The van der Waals surface area contributed by atoms with Crippen LogP contribution in [0.1, 0.15) is 25.7 Å². The molecular formula is C12H21NO4. The first kappa shape index (κ1) is 12.8. The van der Waals surface area contributed by atoms with Crippen LogP contribution in [0, 0.1) is 0 Å². The van der Waals surface area contributed by atoms with Gasteiger partial charge < -0.3 is 14.6 Å². The largest absolute Gasteiger partial charge is 0.468 e. The summed E-state index contributed by atoms with van der Waals surface area (Å²) in [6, 6.07) is -0.516. The number of hydrogen-bond acceptors (Lipinski definition) is 5. The van der Waals surface area contributed by atoms with E-state index in [0.717, 1.165) is 39.0 Å². The van der Waals surface area contributed by atoms with Crippen LogP contribution < -0.4 is 0 Å². The van der Waals surface area contributed by atoms with E-state index in [1.807, 2.05) is 4.90 Å². The Balaban J connectivity index is 1.98. The molecule has 0 aromatic carbocycles. The first-order valence-corrected chi connectivity index (χ1v) is 6.34. The van der Waals surface area contributed by atoms with Crippen molar-refractivity contribution in [2.45, 2.75) is 43.9 Å². The van der Waals surface area contributed by atoms with E-state index in [2.05, 4.69) is 0 Å². The molecule has 2 aliphatic rings. The van der Waals surface area contributed by atoms with Crippen LogP contribution in [0.2, 0.25) is 0 Å². The zero-order chi connectivity index (χ0) is 12.3. The lowest BCUT2D eigenvalue weighted by atomic mass is 9.98. The van der Waals surface area contributed by atoms with Crippen LogP contribution >= 0.6 is 0 Å². The van der Waals surface area contributed by atoms with E-state index in [1.165, 1.54) is 7.11 Å². The van der Waals surface area contributed by atoms with Crippen LogP contribution in [0.4, 0.5) is 0 Å². The molecule has 2 fully saturated rings. The predicted molar refractivity (Wildman–Crippen MR) is 61.6 cm³/mol. The van der Waals surface area contributed by atoms with Gasteiger partial charge in [0.25, 0.3) is 0 Å². The molecule has 3 unspecified atom stereocenters. The summed E-state index contributed by atoms with van der Waals surface area (Å²) < 4.78 is 10.4. The summed E-state index contributed by atoms with van der Waals surface area (Å²) in [6.45, 7) is 2.36. The zero-order valence-electron chi connectivity index (χ0n) is 10.3. The molecule has 0 aromatic rings. The summed E-state index contributed by atoms with van der Waals surface area (Å²) in [5.74, 6) is -0.338. The summed E-state index contributed by atoms with van der Waals surface area (Å²) >= 11 is 0. The third-order valence-electron chi connectivity index (χ3n) is 3.61. The van der Waals surface area contributed by atoms with Crippen molar-refractivity contribution in [2.24, 2.45) is 0 Å². The fourth-order valence-electron chi connectivity index (χ4n) is 2.73. The van der Waals surface area contributed by atoms with Crippen molar-refractivity contribution >= 4 is 5.97 Å². The van der Waals surface area contributed by atoms with Crippen molar-refractivity contribution in [2.75, 3.05) is 26.8 Å². The van der Waals surface area contributed by atoms with Crippen LogP contribution in [-0.2, 0) is 14.3 Å². The Kier molecular flexibility index (Phi) is 4.36. The maximum absolute atomic E-state index is 11.7. The molecular weight excluding hydrogens is 222 g/mol. The molecule has 5 heteroatoms. The molecule has 2 saturated heterocycles. The molecule has 0 aliphatic carbocycles. The van der Waals surface area contributed by atoms with Crippen LogP contribution in [0.15, 0.2) is 0 Å². The van der Waals surface area contributed by atoms with Crippen molar-refractivity contribution in [3.63, 3.8) is 0 Å². The second kappa shape index (κ2) is 5.80. The number of esters is 1. The second-order valence-corrected chi connectivity index (χ2v) is 4.81. The van der Waals surface area contributed by atoms with Crippen molar-refractivity contribution in [3.8, 4) is 0 Å². The summed E-state index contributed by atoms with van der Waals surface area (Å²) in [6.07, 6.45) is 3.30. The Morgan fingerprint density at radius 2 is 2.29 bits per heavy atom. The van der Waals surface area contributed by atoms with Crippen molar-refractivity contribution < 1.29 is 19.4 Å². The van der Waals surface area contributed by atoms with Gasteiger partial charge in [0.1, 0.15) is 6.04 Å². The van der Waals surface area contributed by atoms with Crippen molar-refractivity contribution in [1.82, 2.24) is 4.90 Å². The normalized spacial score (nSPS) is 34.8. The van der Waals surface area contributed by atoms with Gasteiger partial charge in [-0.3, -0.25) is 9.69 Å². The topological polar surface area (TPSA) is 59.0 Å². The van der Waals surface area contributed by atoms with E-state index in [0.29, 0.717) is 6.42 Å². The molecule has 17 heavy (non-hydrogen) atoms. The van der Waals surface area contributed by atoms with Gasteiger partial charge in [-0.1, -0.05) is 0 Å². The number of ether oxygens (including phenoxy) is 2. The molecule has 0 amide bonds. The molecule has 3 atom stereocenters. The minimum absolute atomic E-state index is 0.201. The number of aliphatic hydroxyl groups excluding tert-OH is 1. The third kappa shape index (κ3) is 2.97. The third-order valence-corrected chi connectivity index (χ3v) is 3.61. The van der Waals surface area contributed by atoms with Gasteiger partial charge in [-0.15, -0.1) is 0 Å². The first-order chi connectivity index (χ1) is 8.22. The number of methoxy groups -OCH3 is 1. The first-order valence-electron chi connectivity index (χ1n) is 6.34. The lowest BCUT2D eigenvalue weighted by Crippen LogP contribution is -2.55. The van der Waals surface area contributed by atoms with Gasteiger partial charge in [0.15, 0.2) is 0 Å². The summed E-state index contributed by atoms with van der Waals surface area (Å²) in [7, 11) is 1.37. The fraction of sp³-hybridized carbons (Fsp3) is 0.917. The minimum Gasteiger partial charge on any atom is -0.468 e. The highest BCUT2D eigenvalue weighted by molar-refractivity contribution is 5.76. The van der Waals surface area contributed by atoms with Gasteiger partial charge in [-0.2, -0.15) is 0 Å². The van der Waals surface area contributed by atoms with Gasteiger partial charge in [0.2, 0.25) is 0 Å². The van der Waals surface area contributed by atoms with Gasteiger partial charge in [-0.25, -0.2) is 0 Å². The average Bonchev–Trinajstić information content (AvgIpc) is 2.81. The van der Waals surface area contributed by atoms with E-state index in [4.69, 9.17) is 9.47 Å². The summed E-state index contributed by atoms with van der Waals surface area (Å²) in [4.78, 5) is 13.7. The lowest BCUT2D eigenvalue weighted by Gasteiger charge is -2.38. The van der Waals surface area contributed by atoms with E-state index < -0.39 is 12.1 Å². The number of hydrogen-bond donors (Lipinski definition) is 1. The Morgan fingerprint density at radius 1 is 1.47 bits per heavy atom. The van der Waals surface area contributed by atoms with E-state index in [-0.39, 0.29) is 12.1 Å². The molecule has 5 nitrogen and oxygen atoms in total. The highest BCUT2D eigenvalue weighted by Crippen LogP contribution is 2.22. The van der Waals surface area contributed by atoms with Gasteiger partial charge in [-0.05, 0) is 32.2 Å². The number of rotatable bonds is 3.